The van der Waals surface area contributed by atoms with Crippen LogP contribution in [0, 0.1) is 0 Å². The highest BCUT2D eigenvalue weighted by molar-refractivity contribution is 7.09. The third kappa shape index (κ3) is 3.89. The van der Waals surface area contributed by atoms with E-state index in [1.807, 2.05) is 17.5 Å². The minimum absolute atomic E-state index is 0.0870. The number of nitrogens with zero attached hydrogens (tertiary/aromatic N) is 1. The molecule has 2 N–H and O–H groups in total. The quantitative estimate of drug-likeness (QED) is 0.879. The molecule has 1 amide bonds. The first kappa shape index (κ1) is 13.2. The summed E-state index contributed by atoms with van der Waals surface area (Å²) in [7, 11) is 0. The van der Waals surface area contributed by atoms with Crippen LogP contribution in [0.5, 0.6) is 0 Å². The normalized spacial score (nSPS) is 10.1. The number of anilines is 1. The van der Waals surface area contributed by atoms with Crippen LogP contribution in [0.4, 0.5) is 5.82 Å². The highest BCUT2D eigenvalue weighted by Crippen LogP contribution is 2.12. The van der Waals surface area contributed by atoms with E-state index < -0.39 is 5.97 Å². The Balaban J connectivity index is 1.91. The second-order valence-corrected chi connectivity index (χ2v) is 4.87. The molecule has 0 aliphatic carbocycles. The van der Waals surface area contributed by atoms with Gasteiger partial charge in [0.05, 0.1) is 0 Å². The van der Waals surface area contributed by atoms with Crippen molar-refractivity contribution in [2.75, 3.05) is 5.32 Å². The number of carboxylic acids is 1. The van der Waals surface area contributed by atoms with Crippen LogP contribution in [0.3, 0.4) is 0 Å². The monoisotopic (exact) mass is 276 g/mol. The maximum Gasteiger partial charge on any atom is 0.354 e. The van der Waals surface area contributed by atoms with Crippen molar-refractivity contribution in [3.8, 4) is 0 Å². The molecule has 0 saturated carbocycles. The summed E-state index contributed by atoms with van der Waals surface area (Å²) in [5.74, 6) is -1.03. The fourth-order valence-electron chi connectivity index (χ4n) is 1.52. The van der Waals surface area contributed by atoms with Crippen molar-refractivity contribution < 1.29 is 14.7 Å². The number of rotatable bonds is 5. The smallest absolute Gasteiger partial charge is 0.354 e. The first-order valence-electron chi connectivity index (χ1n) is 5.68. The van der Waals surface area contributed by atoms with Crippen LogP contribution in [0.15, 0.2) is 35.7 Å². The number of carbonyl (C=O) groups is 2. The van der Waals surface area contributed by atoms with Crippen LogP contribution in [-0.4, -0.2) is 22.0 Å². The van der Waals surface area contributed by atoms with Crippen molar-refractivity contribution in [1.29, 1.82) is 0 Å². The number of pyridine rings is 1. The molecular weight excluding hydrogens is 264 g/mol. The molecule has 2 heterocycles. The zero-order valence-electron chi connectivity index (χ0n) is 10.00. The maximum atomic E-state index is 11.7. The minimum Gasteiger partial charge on any atom is -0.477 e. The van der Waals surface area contributed by atoms with Gasteiger partial charge in [-0.2, -0.15) is 0 Å². The van der Waals surface area contributed by atoms with Crippen LogP contribution >= 0.6 is 11.3 Å². The lowest BCUT2D eigenvalue weighted by Crippen LogP contribution is -2.14. The lowest BCUT2D eigenvalue weighted by atomic mass is 10.2. The third-order valence-electron chi connectivity index (χ3n) is 2.41. The number of carboxylic acid groups (broad SMARTS) is 1. The first-order valence-corrected chi connectivity index (χ1v) is 6.56. The molecule has 98 valence electrons. The van der Waals surface area contributed by atoms with Gasteiger partial charge < -0.3 is 10.4 Å². The van der Waals surface area contributed by atoms with Crippen LogP contribution in [-0.2, 0) is 11.2 Å². The Labute approximate surface area is 113 Å². The highest BCUT2D eigenvalue weighted by atomic mass is 32.1. The Morgan fingerprint density at radius 3 is 2.79 bits per heavy atom. The summed E-state index contributed by atoms with van der Waals surface area (Å²) in [4.78, 5) is 27.4. The molecule has 0 aliphatic rings. The van der Waals surface area contributed by atoms with Gasteiger partial charge >= 0.3 is 5.97 Å². The molecule has 0 spiro atoms. The zero-order valence-corrected chi connectivity index (χ0v) is 10.8. The zero-order chi connectivity index (χ0) is 13.7. The lowest BCUT2D eigenvalue weighted by molar-refractivity contribution is -0.116. The van der Waals surface area contributed by atoms with Crippen LogP contribution in [0.2, 0.25) is 0 Å². The Morgan fingerprint density at radius 2 is 2.11 bits per heavy atom. The van der Waals surface area contributed by atoms with Crippen LogP contribution in [0.25, 0.3) is 0 Å². The molecule has 5 nitrogen and oxygen atoms in total. The van der Waals surface area contributed by atoms with E-state index >= 15 is 0 Å². The number of carbonyl (C=O) groups excluding carboxylic acids is 1. The Kier molecular flexibility index (Phi) is 4.25. The van der Waals surface area contributed by atoms with Gasteiger partial charge in [-0.05, 0) is 30.0 Å². The first-order chi connectivity index (χ1) is 9.15. The SMILES string of the molecule is O=C(CCc1cccs1)Nc1cccc(C(=O)O)n1. The summed E-state index contributed by atoms with van der Waals surface area (Å²) in [6, 6.07) is 8.40. The molecule has 2 rings (SSSR count). The molecule has 2 aromatic heterocycles. The molecule has 0 radical (unpaired) electrons. The van der Waals surface area contributed by atoms with Crippen molar-refractivity contribution in [2.45, 2.75) is 12.8 Å². The van der Waals surface area contributed by atoms with Crippen molar-refractivity contribution in [3.63, 3.8) is 0 Å². The van der Waals surface area contributed by atoms with Crippen molar-refractivity contribution in [3.05, 3.63) is 46.3 Å². The van der Waals surface area contributed by atoms with E-state index in [1.165, 1.54) is 6.07 Å². The molecule has 0 aromatic carbocycles. The van der Waals surface area contributed by atoms with E-state index in [0.717, 1.165) is 4.88 Å². The summed E-state index contributed by atoms with van der Waals surface area (Å²) in [6.45, 7) is 0. The fourth-order valence-corrected chi connectivity index (χ4v) is 2.23. The Hall–Kier alpha value is -2.21. The molecule has 0 unspecified atom stereocenters. The van der Waals surface area contributed by atoms with E-state index in [2.05, 4.69) is 10.3 Å². The number of hydrogen-bond donors (Lipinski definition) is 2. The summed E-state index contributed by atoms with van der Waals surface area (Å²) < 4.78 is 0. The van der Waals surface area contributed by atoms with E-state index in [4.69, 9.17) is 5.11 Å². The number of aromatic carboxylic acids is 1. The summed E-state index contributed by atoms with van der Waals surface area (Å²) in [5.41, 5.74) is -0.0870. The average Bonchev–Trinajstić information content (AvgIpc) is 2.90. The molecule has 0 bridgehead atoms. The molecule has 0 atom stereocenters. The van der Waals surface area contributed by atoms with Gasteiger partial charge in [0.15, 0.2) is 5.69 Å². The Bertz CT molecular complexity index is 581. The van der Waals surface area contributed by atoms with Gasteiger partial charge in [-0.15, -0.1) is 11.3 Å². The van der Waals surface area contributed by atoms with Crippen LogP contribution < -0.4 is 5.32 Å². The number of nitrogens with one attached hydrogen (secondary N) is 1. The molecular formula is C13H12N2O3S. The largest absolute Gasteiger partial charge is 0.477 e. The highest BCUT2D eigenvalue weighted by Gasteiger charge is 2.08. The van der Waals surface area contributed by atoms with Crippen LogP contribution in [0.1, 0.15) is 21.8 Å². The molecule has 2 aromatic rings. The number of aryl methyl sites for hydroxylation is 1. The van der Waals surface area contributed by atoms with Gasteiger partial charge in [0.25, 0.3) is 0 Å². The van der Waals surface area contributed by atoms with Gasteiger partial charge in [-0.25, -0.2) is 9.78 Å². The van der Waals surface area contributed by atoms with Gasteiger partial charge in [0.2, 0.25) is 5.91 Å². The molecule has 0 saturated heterocycles. The van der Waals surface area contributed by atoms with Crippen molar-refractivity contribution in [2.24, 2.45) is 0 Å². The van der Waals surface area contributed by atoms with E-state index in [9.17, 15) is 9.59 Å². The molecule has 6 heteroatoms. The number of hydrogen-bond acceptors (Lipinski definition) is 4. The van der Waals surface area contributed by atoms with E-state index in [-0.39, 0.29) is 17.4 Å². The van der Waals surface area contributed by atoms with E-state index in [0.29, 0.717) is 12.8 Å². The lowest BCUT2D eigenvalue weighted by Gasteiger charge is -2.04. The predicted octanol–water partition coefficient (Wildman–Crippen LogP) is 2.41. The topological polar surface area (TPSA) is 79.3 Å². The van der Waals surface area contributed by atoms with Gasteiger partial charge in [-0.3, -0.25) is 4.79 Å². The fraction of sp³-hybridized carbons (Fsp3) is 0.154. The second kappa shape index (κ2) is 6.10. The summed E-state index contributed by atoms with van der Waals surface area (Å²) in [5, 5.41) is 13.4. The van der Waals surface area contributed by atoms with Gasteiger partial charge in [0, 0.05) is 11.3 Å². The molecule has 19 heavy (non-hydrogen) atoms. The summed E-state index contributed by atoms with van der Waals surface area (Å²) >= 11 is 1.60. The number of aromatic nitrogens is 1. The van der Waals surface area contributed by atoms with Crippen molar-refractivity contribution in [1.82, 2.24) is 4.98 Å². The Morgan fingerprint density at radius 1 is 1.26 bits per heavy atom. The maximum absolute atomic E-state index is 11.7. The van der Waals surface area contributed by atoms with Gasteiger partial charge in [0.1, 0.15) is 5.82 Å². The second-order valence-electron chi connectivity index (χ2n) is 3.84. The predicted molar refractivity (Wildman–Crippen MR) is 72.5 cm³/mol. The standard InChI is InChI=1S/C13H12N2O3S/c16-12(7-6-9-3-2-8-19-9)15-11-5-1-4-10(14-11)13(17)18/h1-5,8H,6-7H2,(H,17,18)(H,14,15,16). The minimum atomic E-state index is -1.12. The van der Waals surface area contributed by atoms with Crippen molar-refractivity contribution >= 4 is 29.0 Å². The molecule has 0 aliphatic heterocycles. The average molecular weight is 276 g/mol. The third-order valence-corrected chi connectivity index (χ3v) is 3.35. The summed E-state index contributed by atoms with van der Waals surface area (Å²) in [6.07, 6.45) is 1.02. The number of thiophene rings is 1. The molecule has 0 fully saturated rings. The van der Waals surface area contributed by atoms with Gasteiger partial charge in [-0.1, -0.05) is 12.1 Å². The number of amides is 1. The van der Waals surface area contributed by atoms with E-state index in [1.54, 1.807) is 23.5 Å².